The molecule has 2 rings (SSSR count). The van der Waals surface area contributed by atoms with Crippen LogP contribution in [0.5, 0.6) is 0 Å². The van der Waals surface area contributed by atoms with E-state index in [1.165, 1.54) is 25.7 Å². The van der Waals surface area contributed by atoms with Crippen LogP contribution in [-0.4, -0.2) is 9.98 Å². The highest BCUT2D eigenvalue weighted by atomic mass is 32.1. The molecule has 2 aliphatic rings. The first kappa shape index (κ1) is 8.57. The van der Waals surface area contributed by atoms with Gasteiger partial charge in [0.15, 0.2) is 0 Å². The number of thiocarbonyl (C=S) groups is 2. The maximum absolute atomic E-state index is 5.28. The SMILES string of the molecule is S=C1CC2CCCCC2C(=S)N1. The van der Waals surface area contributed by atoms with Crippen LogP contribution in [0.3, 0.4) is 0 Å². The molecule has 1 aliphatic carbocycles. The molecule has 66 valence electrons. The van der Waals surface area contributed by atoms with Gasteiger partial charge in [-0.25, -0.2) is 0 Å². The summed E-state index contributed by atoms with van der Waals surface area (Å²) in [6, 6.07) is 0. The molecule has 0 aromatic carbocycles. The predicted octanol–water partition coefficient (Wildman–Crippen LogP) is 2.44. The summed E-state index contributed by atoms with van der Waals surface area (Å²) in [6.45, 7) is 0. The first-order chi connectivity index (χ1) is 5.77. The van der Waals surface area contributed by atoms with Gasteiger partial charge in [-0.2, -0.15) is 0 Å². The van der Waals surface area contributed by atoms with Crippen LogP contribution >= 0.6 is 24.4 Å². The Morgan fingerprint density at radius 1 is 1.17 bits per heavy atom. The van der Waals surface area contributed by atoms with E-state index in [9.17, 15) is 0 Å². The van der Waals surface area contributed by atoms with Gasteiger partial charge in [-0.3, -0.25) is 0 Å². The van der Waals surface area contributed by atoms with Gasteiger partial charge in [0.05, 0.1) is 9.98 Å². The second-order valence-electron chi connectivity index (χ2n) is 3.77. The monoisotopic (exact) mass is 199 g/mol. The van der Waals surface area contributed by atoms with Crippen LogP contribution < -0.4 is 5.32 Å². The fourth-order valence-electron chi connectivity index (χ4n) is 2.32. The number of rotatable bonds is 0. The molecule has 1 saturated heterocycles. The lowest BCUT2D eigenvalue weighted by molar-refractivity contribution is 0.301. The maximum Gasteiger partial charge on any atom is 0.0835 e. The van der Waals surface area contributed by atoms with E-state index in [0.29, 0.717) is 5.92 Å². The van der Waals surface area contributed by atoms with Crippen molar-refractivity contribution in [3.8, 4) is 0 Å². The Bertz CT molecular complexity index is 225. The van der Waals surface area contributed by atoms with Crippen molar-refractivity contribution in [2.75, 3.05) is 0 Å². The minimum absolute atomic E-state index is 0.639. The highest BCUT2D eigenvalue weighted by Crippen LogP contribution is 2.35. The van der Waals surface area contributed by atoms with Gasteiger partial charge in [0.2, 0.25) is 0 Å². The molecule has 12 heavy (non-hydrogen) atoms. The third kappa shape index (κ3) is 1.52. The van der Waals surface area contributed by atoms with Crippen molar-refractivity contribution < 1.29 is 0 Å². The molecule has 1 saturated carbocycles. The summed E-state index contributed by atoms with van der Waals surface area (Å²) in [4.78, 5) is 1.97. The first-order valence-corrected chi connectivity index (χ1v) is 5.43. The van der Waals surface area contributed by atoms with Crippen molar-refractivity contribution in [2.45, 2.75) is 32.1 Å². The molecule has 0 spiro atoms. The van der Waals surface area contributed by atoms with Crippen LogP contribution in [-0.2, 0) is 0 Å². The summed E-state index contributed by atoms with van der Waals surface area (Å²) in [6.07, 6.45) is 6.38. The Morgan fingerprint density at radius 3 is 2.75 bits per heavy atom. The standard InChI is InChI=1S/C9H13NS2/c11-8-5-6-3-1-2-4-7(6)9(12)10-8/h6-7H,1-5H2,(H,10,11,12). The molecule has 1 N–H and O–H groups in total. The molecule has 0 radical (unpaired) electrons. The van der Waals surface area contributed by atoms with Gasteiger partial charge < -0.3 is 5.32 Å². The molecule has 2 atom stereocenters. The Kier molecular flexibility index (Phi) is 2.42. The fourth-order valence-corrected chi connectivity index (χ4v) is 3.14. The second kappa shape index (κ2) is 3.38. The number of hydrogen-bond donors (Lipinski definition) is 1. The number of nitrogens with one attached hydrogen (secondary N) is 1. The summed E-state index contributed by atoms with van der Waals surface area (Å²) in [5, 5.41) is 3.14. The molecular formula is C9H13NS2. The van der Waals surface area contributed by atoms with E-state index in [0.717, 1.165) is 22.3 Å². The quantitative estimate of drug-likeness (QED) is 0.602. The summed E-state index contributed by atoms with van der Waals surface area (Å²) >= 11 is 10.4. The predicted molar refractivity (Wildman–Crippen MR) is 58.4 cm³/mol. The third-order valence-electron chi connectivity index (χ3n) is 2.96. The average Bonchev–Trinajstić information content (AvgIpc) is 2.04. The van der Waals surface area contributed by atoms with E-state index in [4.69, 9.17) is 24.4 Å². The second-order valence-corrected chi connectivity index (χ2v) is 4.70. The Morgan fingerprint density at radius 2 is 1.92 bits per heavy atom. The zero-order chi connectivity index (χ0) is 8.55. The van der Waals surface area contributed by atoms with Crippen molar-refractivity contribution in [1.29, 1.82) is 0 Å². The Hall–Kier alpha value is -0.0200. The Labute approximate surface area is 83.9 Å². The van der Waals surface area contributed by atoms with Gasteiger partial charge in [0.1, 0.15) is 0 Å². The summed E-state index contributed by atoms with van der Waals surface area (Å²) in [7, 11) is 0. The first-order valence-electron chi connectivity index (χ1n) is 4.61. The normalized spacial score (nSPS) is 35.7. The van der Waals surface area contributed by atoms with Crippen LogP contribution in [0, 0.1) is 11.8 Å². The van der Waals surface area contributed by atoms with Crippen molar-refractivity contribution in [3.63, 3.8) is 0 Å². The van der Waals surface area contributed by atoms with Crippen LogP contribution in [0.1, 0.15) is 32.1 Å². The average molecular weight is 199 g/mol. The zero-order valence-electron chi connectivity index (χ0n) is 7.01. The lowest BCUT2D eigenvalue weighted by Gasteiger charge is -2.36. The zero-order valence-corrected chi connectivity index (χ0v) is 8.64. The molecular weight excluding hydrogens is 186 g/mol. The number of fused-ring (bicyclic) bond motifs is 1. The Balaban J connectivity index is 2.11. The largest absolute Gasteiger partial charge is 0.344 e. The molecule has 0 aromatic rings. The number of hydrogen-bond acceptors (Lipinski definition) is 2. The van der Waals surface area contributed by atoms with Crippen LogP contribution in [0.4, 0.5) is 0 Å². The van der Waals surface area contributed by atoms with E-state index < -0.39 is 0 Å². The minimum Gasteiger partial charge on any atom is -0.344 e. The summed E-state index contributed by atoms with van der Waals surface area (Å²) in [5.41, 5.74) is 0. The molecule has 0 aromatic heterocycles. The van der Waals surface area contributed by atoms with Crippen molar-refractivity contribution >= 4 is 34.4 Å². The summed E-state index contributed by atoms with van der Waals surface area (Å²) < 4.78 is 0. The van der Waals surface area contributed by atoms with Crippen LogP contribution in [0.2, 0.25) is 0 Å². The lowest BCUT2D eigenvalue weighted by Crippen LogP contribution is -2.44. The van der Waals surface area contributed by atoms with Crippen molar-refractivity contribution in [3.05, 3.63) is 0 Å². The molecule has 1 nitrogen and oxygen atoms in total. The number of piperidine rings is 1. The minimum atomic E-state index is 0.639. The van der Waals surface area contributed by atoms with E-state index in [-0.39, 0.29) is 0 Å². The molecule has 0 bridgehead atoms. The van der Waals surface area contributed by atoms with Gasteiger partial charge in [0.25, 0.3) is 0 Å². The molecule has 1 aliphatic heterocycles. The molecule has 2 fully saturated rings. The third-order valence-corrected chi connectivity index (χ3v) is 3.63. The van der Waals surface area contributed by atoms with Gasteiger partial charge in [-0.05, 0) is 18.8 Å². The van der Waals surface area contributed by atoms with Crippen LogP contribution in [0.15, 0.2) is 0 Å². The van der Waals surface area contributed by atoms with Gasteiger partial charge >= 0.3 is 0 Å². The van der Waals surface area contributed by atoms with Crippen LogP contribution in [0.25, 0.3) is 0 Å². The van der Waals surface area contributed by atoms with E-state index in [2.05, 4.69) is 5.32 Å². The van der Waals surface area contributed by atoms with Gasteiger partial charge in [0, 0.05) is 12.3 Å². The fraction of sp³-hybridized carbons (Fsp3) is 0.778. The highest BCUT2D eigenvalue weighted by molar-refractivity contribution is 7.82. The summed E-state index contributed by atoms with van der Waals surface area (Å²) in [5.74, 6) is 1.40. The molecule has 2 unspecified atom stereocenters. The maximum atomic E-state index is 5.28. The smallest absolute Gasteiger partial charge is 0.0835 e. The molecule has 1 heterocycles. The van der Waals surface area contributed by atoms with Crippen molar-refractivity contribution in [2.24, 2.45) is 11.8 Å². The molecule has 0 amide bonds. The van der Waals surface area contributed by atoms with Gasteiger partial charge in [-0.1, -0.05) is 37.3 Å². The lowest BCUT2D eigenvalue weighted by atomic mass is 9.75. The van der Waals surface area contributed by atoms with E-state index in [1.54, 1.807) is 0 Å². The highest BCUT2D eigenvalue weighted by Gasteiger charge is 2.32. The topological polar surface area (TPSA) is 12.0 Å². The van der Waals surface area contributed by atoms with Crippen molar-refractivity contribution in [1.82, 2.24) is 5.32 Å². The van der Waals surface area contributed by atoms with Gasteiger partial charge in [-0.15, -0.1) is 0 Å². The van der Waals surface area contributed by atoms with E-state index in [1.807, 2.05) is 0 Å². The molecule has 3 heteroatoms. The van der Waals surface area contributed by atoms with E-state index >= 15 is 0 Å².